The minimum absolute atomic E-state index is 0.0377. The van der Waals surface area contributed by atoms with Crippen LogP contribution in [0.3, 0.4) is 0 Å². The second kappa shape index (κ2) is 3.46. The molecule has 3 nitrogen and oxygen atoms in total. The predicted octanol–water partition coefficient (Wildman–Crippen LogP) is 2.26. The Morgan fingerprint density at radius 3 is 2.93 bits per heavy atom. The van der Waals surface area contributed by atoms with Gasteiger partial charge in [0.2, 0.25) is 0 Å². The van der Waals surface area contributed by atoms with Crippen molar-refractivity contribution < 1.29 is 4.79 Å². The van der Waals surface area contributed by atoms with Crippen LogP contribution in [0.15, 0.2) is 29.4 Å². The number of nitrogens with zero attached hydrogens (tertiary/aromatic N) is 2. The zero-order valence-electron chi connectivity index (χ0n) is 8.02. The molecule has 0 aliphatic heterocycles. The van der Waals surface area contributed by atoms with Crippen molar-refractivity contribution in [3.05, 3.63) is 30.2 Å². The number of hydrogen-bond donors (Lipinski definition) is 0. The quantitative estimate of drug-likeness (QED) is 0.558. The summed E-state index contributed by atoms with van der Waals surface area (Å²) in [7, 11) is 0. The van der Waals surface area contributed by atoms with Gasteiger partial charge >= 0.3 is 0 Å². The number of rotatable bonds is 2. The number of carbonyl (C=O) groups excluding carboxylic acids is 1. The second-order valence-corrected chi connectivity index (χ2v) is 3.88. The van der Waals surface area contributed by atoms with Gasteiger partial charge in [-0.15, -0.1) is 11.8 Å². The highest BCUT2D eigenvalue weighted by atomic mass is 32.2. The van der Waals surface area contributed by atoms with E-state index < -0.39 is 0 Å². The molecule has 0 saturated heterocycles. The molecule has 2 heterocycles. The highest BCUT2D eigenvalue weighted by molar-refractivity contribution is 7.98. The third-order valence-electron chi connectivity index (χ3n) is 2.07. The van der Waals surface area contributed by atoms with Crippen LogP contribution in [0.5, 0.6) is 0 Å². The summed E-state index contributed by atoms with van der Waals surface area (Å²) in [5.74, 6) is 0.0377. The van der Waals surface area contributed by atoms with Crippen molar-refractivity contribution in [1.29, 1.82) is 0 Å². The summed E-state index contributed by atoms with van der Waals surface area (Å²) in [5.41, 5.74) is 1.45. The Balaban J connectivity index is 2.69. The fourth-order valence-electron chi connectivity index (χ4n) is 1.34. The summed E-state index contributed by atoms with van der Waals surface area (Å²) in [5, 5.41) is 0. The predicted molar refractivity (Wildman–Crippen MR) is 57.0 cm³/mol. The van der Waals surface area contributed by atoms with Crippen LogP contribution in [0.25, 0.3) is 5.65 Å². The van der Waals surface area contributed by atoms with Crippen molar-refractivity contribution in [3.63, 3.8) is 0 Å². The molecule has 2 rings (SSSR count). The van der Waals surface area contributed by atoms with Gasteiger partial charge in [0.05, 0.1) is 6.20 Å². The van der Waals surface area contributed by atoms with Crippen molar-refractivity contribution in [3.8, 4) is 0 Å². The van der Waals surface area contributed by atoms with E-state index in [0.717, 1.165) is 10.5 Å². The van der Waals surface area contributed by atoms with Gasteiger partial charge in [0.25, 0.3) is 0 Å². The van der Waals surface area contributed by atoms with E-state index in [-0.39, 0.29) is 5.78 Å². The molecule has 0 saturated carbocycles. The summed E-state index contributed by atoms with van der Waals surface area (Å²) >= 11 is 1.65. The van der Waals surface area contributed by atoms with Gasteiger partial charge in [0, 0.05) is 18.0 Å². The number of carbonyl (C=O) groups is 1. The number of hydrogen-bond acceptors (Lipinski definition) is 3. The number of fused-ring (bicyclic) bond motifs is 1. The summed E-state index contributed by atoms with van der Waals surface area (Å²) in [6, 6.07) is 3.91. The van der Waals surface area contributed by atoms with Crippen LogP contribution in [0.2, 0.25) is 0 Å². The molecule has 0 aliphatic carbocycles. The molecule has 0 radical (unpaired) electrons. The molecule has 0 aliphatic rings. The topological polar surface area (TPSA) is 34.4 Å². The molecule has 0 fully saturated rings. The largest absolute Gasteiger partial charge is 0.296 e. The van der Waals surface area contributed by atoms with E-state index in [9.17, 15) is 4.79 Å². The van der Waals surface area contributed by atoms with Gasteiger partial charge in [-0.3, -0.25) is 9.20 Å². The first-order chi connectivity index (χ1) is 6.72. The molecule has 2 aromatic heterocycles. The fraction of sp³-hybridized carbons (Fsp3) is 0.200. The normalized spacial score (nSPS) is 10.7. The van der Waals surface area contributed by atoms with E-state index in [1.54, 1.807) is 24.9 Å². The van der Waals surface area contributed by atoms with Crippen LogP contribution in [-0.4, -0.2) is 21.4 Å². The first-order valence-electron chi connectivity index (χ1n) is 4.24. The Bertz CT molecular complexity index is 490. The van der Waals surface area contributed by atoms with Gasteiger partial charge in [-0.2, -0.15) is 0 Å². The van der Waals surface area contributed by atoms with Crippen molar-refractivity contribution in [2.75, 3.05) is 6.26 Å². The van der Waals surface area contributed by atoms with Gasteiger partial charge in [0.1, 0.15) is 11.3 Å². The summed E-state index contributed by atoms with van der Waals surface area (Å²) in [4.78, 5) is 16.5. The molecule has 72 valence electrons. The maximum Gasteiger partial charge on any atom is 0.178 e. The van der Waals surface area contributed by atoms with Crippen molar-refractivity contribution >= 4 is 23.2 Å². The number of thioether (sulfide) groups is 1. The molecule has 0 spiro atoms. The van der Waals surface area contributed by atoms with Crippen LogP contribution in [0, 0.1) is 0 Å². The summed E-state index contributed by atoms with van der Waals surface area (Å²) in [6.45, 7) is 1.55. The van der Waals surface area contributed by atoms with Gasteiger partial charge in [0.15, 0.2) is 5.78 Å². The Hall–Kier alpha value is -1.29. The lowest BCUT2D eigenvalue weighted by atomic mass is 10.3. The molecular weight excluding hydrogens is 196 g/mol. The fourth-order valence-corrected chi connectivity index (χ4v) is 1.76. The molecule has 14 heavy (non-hydrogen) atoms. The van der Waals surface area contributed by atoms with Gasteiger partial charge < -0.3 is 0 Å². The van der Waals surface area contributed by atoms with E-state index in [2.05, 4.69) is 4.98 Å². The molecule has 2 aromatic rings. The number of pyridine rings is 1. The minimum Gasteiger partial charge on any atom is -0.296 e. The third-order valence-corrected chi connectivity index (χ3v) is 2.79. The minimum atomic E-state index is 0.0377. The number of aromatic nitrogens is 2. The van der Waals surface area contributed by atoms with Gasteiger partial charge in [-0.25, -0.2) is 4.98 Å². The van der Waals surface area contributed by atoms with Crippen molar-refractivity contribution in [2.24, 2.45) is 0 Å². The Labute approximate surface area is 86.1 Å². The van der Waals surface area contributed by atoms with Crippen LogP contribution >= 0.6 is 11.8 Å². The summed E-state index contributed by atoms with van der Waals surface area (Å²) < 4.78 is 1.83. The molecule has 0 unspecified atom stereocenters. The van der Waals surface area contributed by atoms with Crippen molar-refractivity contribution in [2.45, 2.75) is 11.8 Å². The van der Waals surface area contributed by atoms with Gasteiger partial charge in [-0.05, 0) is 18.4 Å². The molecular formula is C10H10N2OS. The first-order valence-corrected chi connectivity index (χ1v) is 5.47. The molecule has 0 amide bonds. The number of ketones is 1. The highest BCUT2D eigenvalue weighted by Gasteiger charge is 2.07. The SMILES string of the molecule is CSc1ccc2ncc(C(C)=O)n2c1. The lowest BCUT2D eigenvalue weighted by molar-refractivity contribution is 0.101. The van der Waals surface area contributed by atoms with E-state index >= 15 is 0 Å². The maximum atomic E-state index is 11.3. The second-order valence-electron chi connectivity index (χ2n) is 3.00. The van der Waals surface area contributed by atoms with E-state index in [0.29, 0.717) is 5.69 Å². The molecule has 0 aromatic carbocycles. The Morgan fingerprint density at radius 2 is 2.29 bits per heavy atom. The van der Waals surface area contributed by atoms with Crippen LogP contribution < -0.4 is 0 Å². The molecule has 0 bridgehead atoms. The average Bonchev–Trinajstić information content (AvgIpc) is 2.59. The van der Waals surface area contributed by atoms with Gasteiger partial charge in [-0.1, -0.05) is 0 Å². The van der Waals surface area contributed by atoms with E-state index in [1.165, 1.54) is 0 Å². The molecule has 0 N–H and O–H groups in total. The lowest BCUT2D eigenvalue weighted by Gasteiger charge is -2.00. The third kappa shape index (κ3) is 1.42. The molecule has 4 heteroatoms. The monoisotopic (exact) mass is 206 g/mol. The smallest absolute Gasteiger partial charge is 0.178 e. The van der Waals surface area contributed by atoms with Crippen LogP contribution in [0.1, 0.15) is 17.4 Å². The Morgan fingerprint density at radius 1 is 1.50 bits per heavy atom. The van der Waals surface area contributed by atoms with E-state index in [1.807, 2.05) is 29.0 Å². The zero-order chi connectivity index (χ0) is 10.1. The Kier molecular flexibility index (Phi) is 2.29. The summed E-state index contributed by atoms with van der Waals surface area (Å²) in [6.07, 6.45) is 5.55. The van der Waals surface area contributed by atoms with Crippen LogP contribution in [-0.2, 0) is 0 Å². The average molecular weight is 206 g/mol. The number of Topliss-reactive ketones (excluding diaryl/α,β-unsaturated/α-hetero) is 1. The van der Waals surface area contributed by atoms with Crippen LogP contribution in [0.4, 0.5) is 0 Å². The first kappa shape index (κ1) is 9.27. The lowest BCUT2D eigenvalue weighted by Crippen LogP contribution is -1.97. The standard InChI is InChI=1S/C10H10N2OS/c1-7(13)9-5-11-10-4-3-8(14-2)6-12(9)10/h3-6H,1-2H3. The molecule has 0 atom stereocenters. The van der Waals surface area contributed by atoms with E-state index in [4.69, 9.17) is 0 Å². The van der Waals surface area contributed by atoms with Crippen molar-refractivity contribution in [1.82, 2.24) is 9.38 Å². The maximum absolute atomic E-state index is 11.3. The zero-order valence-corrected chi connectivity index (χ0v) is 8.84. The highest BCUT2D eigenvalue weighted by Crippen LogP contribution is 2.16. The number of imidazole rings is 1.